The molecule has 23 heavy (non-hydrogen) atoms. The van der Waals surface area contributed by atoms with Crippen LogP contribution in [-0.2, 0) is 11.2 Å². The summed E-state index contributed by atoms with van der Waals surface area (Å²) in [4.78, 5) is 16.6. The number of hydrogen-bond donors (Lipinski definition) is 2. The summed E-state index contributed by atoms with van der Waals surface area (Å²) in [5.41, 5.74) is 4.23. The van der Waals surface area contributed by atoms with Gasteiger partial charge in [-0.2, -0.15) is 5.10 Å². The third-order valence-corrected chi connectivity index (χ3v) is 4.34. The number of nitrogens with zero attached hydrogens (tertiary/aromatic N) is 3. The molecule has 3 rings (SSSR count). The van der Waals surface area contributed by atoms with Crippen molar-refractivity contribution in [3.05, 3.63) is 39.6 Å². The molecule has 0 fully saturated rings. The van der Waals surface area contributed by atoms with Gasteiger partial charge in [0.1, 0.15) is 0 Å². The van der Waals surface area contributed by atoms with Gasteiger partial charge < -0.3 is 10.4 Å². The van der Waals surface area contributed by atoms with E-state index < -0.39 is 0 Å². The SMILES string of the molecule is Cc1nc2c3ccc(Br)cc3nn2c(C)c1CC(=O)NCCO. The maximum atomic E-state index is 11.9. The minimum Gasteiger partial charge on any atom is -0.395 e. The van der Waals surface area contributed by atoms with E-state index in [1.54, 1.807) is 4.52 Å². The van der Waals surface area contributed by atoms with E-state index in [9.17, 15) is 4.79 Å². The molecule has 0 radical (unpaired) electrons. The molecule has 0 atom stereocenters. The van der Waals surface area contributed by atoms with E-state index in [2.05, 4.69) is 31.3 Å². The van der Waals surface area contributed by atoms with Crippen LogP contribution in [0.1, 0.15) is 17.0 Å². The lowest BCUT2D eigenvalue weighted by molar-refractivity contribution is -0.120. The average Bonchev–Trinajstić information content (AvgIpc) is 2.87. The van der Waals surface area contributed by atoms with E-state index >= 15 is 0 Å². The molecule has 0 bridgehead atoms. The summed E-state index contributed by atoms with van der Waals surface area (Å²) in [6.07, 6.45) is 0.223. The maximum absolute atomic E-state index is 11.9. The fraction of sp³-hybridized carbons (Fsp3) is 0.312. The Labute approximate surface area is 141 Å². The number of nitrogens with one attached hydrogen (secondary N) is 1. The summed E-state index contributed by atoms with van der Waals surface area (Å²) in [6.45, 7) is 4.03. The van der Waals surface area contributed by atoms with Gasteiger partial charge in [0, 0.05) is 33.4 Å². The minimum absolute atomic E-state index is 0.0690. The van der Waals surface area contributed by atoms with Crippen molar-refractivity contribution in [2.45, 2.75) is 20.3 Å². The number of hydrogen-bond acceptors (Lipinski definition) is 4. The lowest BCUT2D eigenvalue weighted by Gasteiger charge is -2.11. The molecule has 1 amide bonds. The van der Waals surface area contributed by atoms with Crippen LogP contribution >= 0.6 is 15.9 Å². The van der Waals surface area contributed by atoms with Crippen molar-refractivity contribution in [3.63, 3.8) is 0 Å². The van der Waals surface area contributed by atoms with Crippen molar-refractivity contribution in [1.29, 1.82) is 0 Å². The van der Waals surface area contributed by atoms with Gasteiger partial charge in [-0.15, -0.1) is 0 Å². The molecule has 7 heteroatoms. The first-order valence-electron chi connectivity index (χ1n) is 7.33. The van der Waals surface area contributed by atoms with Gasteiger partial charge in [0.25, 0.3) is 0 Å². The molecule has 2 aromatic heterocycles. The van der Waals surface area contributed by atoms with Crippen LogP contribution in [0.25, 0.3) is 16.6 Å². The fourth-order valence-corrected chi connectivity index (χ4v) is 3.03. The summed E-state index contributed by atoms with van der Waals surface area (Å²) in [5, 5.41) is 17.0. The molecular weight excluding hydrogens is 360 g/mol. The number of fused-ring (bicyclic) bond motifs is 3. The predicted molar refractivity (Wildman–Crippen MR) is 91.5 cm³/mol. The van der Waals surface area contributed by atoms with E-state index in [1.807, 2.05) is 32.0 Å². The van der Waals surface area contributed by atoms with Crippen LogP contribution in [-0.4, -0.2) is 38.8 Å². The van der Waals surface area contributed by atoms with E-state index in [0.717, 1.165) is 38.0 Å². The second-order valence-corrected chi connectivity index (χ2v) is 6.32. The molecule has 3 aromatic rings. The number of amides is 1. The molecule has 0 aliphatic rings. The molecule has 0 aliphatic heterocycles. The second-order valence-electron chi connectivity index (χ2n) is 5.41. The molecule has 0 saturated carbocycles. The van der Waals surface area contributed by atoms with E-state index in [4.69, 9.17) is 5.11 Å². The van der Waals surface area contributed by atoms with Gasteiger partial charge in [-0.1, -0.05) is 15.9 Å². The zero-order valence-electron chi connectivity index (χ0n) is 12.9. The first kappa shape index (κ1) is 15.9. The molecule has 0 saturated heterocycles. The normalized spacial score (nSPS) is 11.3. The number of carbonyl (C=O) groups is 1. The second kappa shape index (κ2) is 6.25. The van der Waals surface area contributed by atoms with Crippen molar-refractivity contribution in [2.75, 3.05) is 13.2 Å². The zero-order chi connectivity index (χ0) is 16.6. The Morgan fingerprint density at radius 3 is 2.91 bits per heavy atom. The largest absolute Gasteiger partial charge is 0.395 e. The molecule has 0 unspecified atom stereocenters. The molecule has 0 aliphatic carbocycles. The van der Waals surface area contributed by atoms with Gasteiger partial charge >= 0.3 is 0 Å². The Balaban J connectivity index is 2.10. The molecule has 2 heterocycles. The smallest absolute Gasteiger partial charge is 0.224 e. The van der Waals surface area contributed by atoms with E-state index in [1.165, 1.54) is 0 Å². The monoisotopic (exact) mass is 376 g/mol. The summed E-state index contributed by atoms with van der Waals surface area (Å²) in [7, 11) is 0. The third kappa shape index (κ3) is 2.94. The zero-order valence-corrected chi connectivity index (χ0v) is 14.5. The highest BCUT2D eigenvalue weighted by Crippen LogP contribution is 2.25. The number of aliphatic hydroxyl groups is 1. The number of halogens is 1. The summed E-state index contributed by atoms with van der Waals surface area (Å²) >= 11 is 3.45. The number of aromatic nitrogens is 3. The van der Waals surface area contributed by atoms with Crippen LogP contribution in [0.15, 0.2) is 22.7 Å². The van der Waals surface area contributed by atoms with E-state index in [-0.39, 0.29) is 25.5 Å². The van der Waals surface area contributed by atoms with Crippen molar-refractivity contribution in [2.24, 2.45) is 0 Å². The van der Waals surface area contributed by atoms with Crippen molar-refractivity contribution >= 4 is 38.4 Å². The maximum Gasteiger partial charge on any atom is 0.224 e. The first-order valence-corrected chi connectivity index (χ1v) is 8.12. The predicted octanol–water partition coefficient (Wildman–Crippen LogP) is 1.91. The van der Waals surface area contributed by atoms with Crippen LogP contribution in [0.5, 0.6) is 0 Å². The number of carbonyl (C=O) groups excluding carboxylic acids is 1. The standard InChI is InChI=1S/C16H17BrN4O2/c1-9-13(8-15(23)18-5-6-22)10(2)21-16(19-9)12-4-3-11(17)7-14(12)20-21/h3-4,7,22H,5-6,8H2,1-2H3,(H,18,23). The van der Waals surface area contributed by atoms with Crippen molar-refractivity contribution in [3.8, 4) is 0 Å². The molecule has 120 valence electrons. The van der Waals surface area contributed by atoms with Crippen LogP contribution in [0.3, 0.4) is 0 Å². The Morgan fingerprint density at radius 2 is 2.17 bits per heavy atom. The number of aliphatic hydroxyl groups excluding tert-OH is 1. The molecule has 1 aromatic carbocycles. The number of aryl methyl sites for hydroxylation is 2. The quantitative estimate of drug-likeness (QED) is 0.728. The van der Waals surface area contributed by atoms with Crippen molar-refractivity contribution in [1.82, 2.24) is 19.9 Å². The molecular formula is C16H17BrN4O2. The first-order chi connectivity index (χ1) is 11.0. The molecule has 2 N–H and O–H groups in total. The Kier molecular flexibility index (Phi) is 4.32. The lowest BCUT2D eigenvalue weighted by Crippen LogP contribution is -2.28. The Bertz CT molecular complexity index is 904. The van der Waals surface area contributed by atoms with Gasteiger partial charge in [0.2, 0.25) is 5.91 Å². The molecule has 0 spiro atoms. The highest BCUT2D eigenvalue weighted by Gasteiger charge is 2.16. The van der Waals surface area contributed by atoms with Crippen LogP contribution in [0.2, 0.25) is 0 Å². The van der Waals surface area contributed by atoms with Crippen LogP contribution in [0, 0.1) is 13.8 Å². The van der Waals surface area contributed by atoms with Gasteiger partial charge in [0.05, 0.1) is 18.5 Å². The van der Waals surface area contributed by atoms with Gasteiger partial charge in [-0.05, 0) is 32.0 Å². The number of rotatable bonds is 4. The molecule has 6 nitrogen and oxygen atoms in total. The third-order valence-electron chi connectivity index (χ3n) is 3.85. The lowest BCUT2D eigenvalue weighted by atomic mass is 10.1. The summed E-state index contributed by atoms with van der Waals surface area (Å²) < 4.78 is 2.75. The highest BCUT2D eigenvalue weighted by molar-refractivity contribution is 9.10. The van der Waals surface area contributed by atoms with Crippen LogP contribution in [0.4, 0.5) is 0 Å². The minimum atomic E-state index is -0.133. The fourth-order valence-electron chi connectivity index (χ4n) is 2.68. The van der Waals surface area contributed by atoms with Gasteiger partial charge in [-0.25, -0.2) is 9.50 Å². The van der Waals surface area contributed by atoms with Gasteiger partial charge in [0.15, 0.2) is 5.65 Å². The average molecular weight is 377 g/mol. The Hall–Kier alpha value is -1.99. The number of benzene rings is 1. The van der Waals surface area contributed by atoms with Crippen LogP contribution < -0.4 is 5.32 Å². The van der Waals surface area contributed by atoms with Crippen molar-refractivity contribution < 1.29 is 9.90 Å². The summed E-state index contributed by atoms with van der Waals surface area (Å²) in [6, 6.07) is 5.90. The van der Waals surface area contributed by atoms with Gasteiger partial charge in [-0.3, -0.25) is 4.79 Å². The van der Waals surface area contributed by atoms with E-state index in [0.29, 0.717) is 0 Å². The summed E-state index contributed by atoms with van der Waals surface area (Å²) in [5.74, 6) is -0.133. The topological polar surface area (TPSA) is 79.5 Å². The Morgan fingerprint density at radius 1 is 1.39 bits per heavy atom. The highest BCUT2D eigenvalue weighted by atomic mass is 79.9.